The first-order valence-electron chi connectivity index (χ1n) is 8.79. The Morgan fingerprint density at radius 2 is 1.56 bits per heavy atom. The Kier molecular flexibility index (Phi) is 10.9. The van der Waals surface area contributed by atoms with Crippen LogP contribution in [0.2, 0.25) is 0 Å². The number of hydrogen-bond donors (Lipinski definition) is 3. The summed E-state index contributed by atoms with van der Waals surface area (Å²) < 4.78 is 0. The molecule has 0 radical (unpaired) electrons. The second-order valence-electron chi connectivity index (χ2n) is 5.93. The van der Waals surface area contributed by atoms with Gasteiger partial charge in [-0.1, -0.05) is 19.3 Å². The minimum atomic E-state index is -1.82. The van der Waals surface area contributed by atoms with Crippen LogP contribution in [0.1, 0.15) is 44.9 Å². The highest BCUT2D eigenvalue weighted by Gasteiger charge is 2.08. The molecule has 0 aliphatic carbocycles. The van der Waals surface area contributed by atoms with Gasteiger partial charge in [0.25, 0.3) is 0 Å². The van der Waals surface area contributed by atoms with E-state index in [1.54, 1.807) is 12.4 Å². The van der Waals surface area contributed by atoms with Crippen molar-refractivity contribution >= 4 is 17.9 Å². The Morgan fingerprint density at radius 3 is 2.16 bits per heavy atom. The van der Waals surface area contributed by atoms with Crippen molar-refractivity contribution < 1.29 is 19.8 Å². The van der Waals surface area contributed by atoms with Crippen LogP contribution in [0, 0.1) is 0 Å². The van der Waals surface area contributed by atoms with E-state index < -0.39 is 11.9 Å². The molecule has 1 aromatic heterocycles. The van der Waals surface area contributed by atoms with Crippen LogP contribution in [0.15, 0.2) is 18.5 Å². The smallest absolute Gasteiger partial charge is 0.414 e. The van der Waals surface area contributed by atoms with Crippen molar-refractivity contribution in [3.8, 4) is 0 Å². The summed E-state index contributed by atoms with van der Waals surface area (Å²) in [5.74, 6) is -2.90. The predicted octanol–water partition coefficient (Wildman–Crippen LogP) is 2.09. The second-order valence-corrected chi connectivity index (χ2v) is 5.93. The van der Waals surface area contributed by atoms with Crippen LogP contribution in [0.3, 0.4) is 0 Å². The fraction of sp³-hybridized carbons (Fsp3) is 0.647. The number of aliphatic carboxylic acids is 2. The number of piperidine rings is 1. The molecule has 0 aromatic carbocycles. The Morgan fingerprint density at radius 1 is 0.960 bits per heavy atom. The molecule has 1 aliphatic rings. The van der Waals surface area contributed by atoms with Gasteiger partial charge in [0.05, 0.1) is 0 Å². The van der Waals surface area contributed by atoms with Crippen molar-refractivity contribution in [2.24, 2.45) is 0 Å². The van der Waals surface area contributed by atoms with E-state index >= 15 is 0 Å². The highest BCUT2D eigenvalue weighted by Crippen LogP contribution is 2.10. The molecule has 0 unspecified atom stereocenters. The predicted molar refractivity (Wildman–Crippen MR) is 94.6 cm³/mol. The molecule has 0 spiro atoms. The lowest BCUT2D eigenvalue weighted by atomic mass is 10.1. The van der Waals surface area contributed by atoms with Crippen LogP contribution >= 0.6 is 0 Å². The molecule has 0 bridgehead atoms. The highest BCUT2D eigenvalue weighted by molar-refractivity contribution is 6.27. The van der Waals surface area contributed by atoms with Crippen LogP contribution in [0.25, 0.3) is 0 Å². The van der Waals surface area contributed by atoms with Gasteiger partial charge in [-0.15, -0.1) is 0 Å². The van der Waals surface area contributed by atoms with Crippen molar-refractivity contribution in [3.05, 3.63) is 18.5 Å². The van der Waals surface area contributed by atoms with E-state index in [0.717, 1.165) is 12.5 Å². The normalized spacial score (nSPS) is 14.2. The van der Waals surface area contributed by atoms with Crippen molar-refractivity contribution in [2.45, 2.75) is 44.9 Å². The molecular weight excluding hydrogens is 324 g/mol. The van der Waals surface area contributed by atoms with E-state index in [0.29, 0.717) is 0 Å². The van der Waals surface area contributed by atoms with Crippen LogP contribution in [0.4, 0.5) is 5.95 Å². The van der Waals surface area contributed by atoms with Gasteiger partial charge in [0.2, 0.25) is 5.95 Å². The van der Waals surface area contributed by atoms with Crippen LogP contribution in [0.5, 0.6) is 0 Å². The molecule has 0 saturated carbocycles. The number of anilines is 1. The number of carboxylic acid groups (broad SMARTS) is 2. The van der Waals surface area contributed by atoms with Gasteiger partial charge in [-0.05, 0) is 51.4 Å². The number of aromatic nitrogens is 2. The molecule has 0 atom stereocenters. The van der Waals surface area contributed by atoms with E-state index in [1.807, 2.05) is 6.07 Å². The molecule has 25 heavy (non-hydrogen) atoms. The summed E-state index contributed by atoms with van der Waals surface area (Å²) >= 11 is 0. The van der Waals surface area contributed by atoms with Gasteiger partial charge in [-0.2, -0.15) is 0 Å². The molecule has 0 amide bonds. The second kappa shape index (κ2) is 13.1. The zero-order valence-corrected chi connectivity index (χ0v) is 14.6. The third-order valence-electron chi connectivity index (χ3n) is 3.88. The average molecular weight is 352 g/mol. The number of likely N-dealkylation sites (tertiary alicyclic amines) is 1. The summed E-state index contributed by atoms with van der Waals surface area (Å²) in [6, 6.07) is 1.84. The van der Waals surface area contributed by atoms with Gasteiger partial charge in [-0.3, -0.25) is 0 Å². The number of hydrogen-bond acceptors (Lipinski definition) is 6. The Balaban J connectivity index is 0.000000450. The van der Waals surface area contributed by atoms with E-state index in [4.69, 9.17) is 19.8 Å². The Labute approximate surface area is 148 Å². The van der Waals surface area contributed by atoms with Crippen molar-refractivity contribution in [1.29, 1.82) is 0 Å². The largest absolute Gasteiger partial charge is 0.473 e. The number of rotatable bonds is 8. The molecule has 140 valence electrons. The van der Waals surface area contributed by atoms with Crippen LogP contribution in [-0.2, 0) is 9.59 Å². The van der Waals surface area contributed by atoms with E-state index in [2.05, 4.69) is 20.2 Å². The summed E-state index contributed by atoms with van der Waals surface area (Å²) in [6.07, 6.45) is 13.0. The third kappa shape index (κ3) is 11.0. The quantitative estimate of drug-likeness (QED) is 0.481. The number of carboxylic acids is 2. The van der Waals surface area contributed by atoms with Gasteiger partial charge < -0.3 is 20.4 Å². The Bertz CT molecular complexity index is 481. The van der Waals surface area contributed by atoms with Crippen LogP contribution in [-0.4, -0.2) is 63.2 Å². The fourth-order valence-electron chi connectivity index (χ4n) is 2.59. The first-order valence-corrected chi connectivity index (χ1v) is 8.79. The van der Waals surface area contributed by atoms with Gasteiger partial charge in [-0.25, -0.2) is 19.6 Å². The maximum atomic E-state index is 9.10. The van der Waals surface area contributed by atoms with Gasteiger partial charge >= 0.3 is 11.9 Å². The monoisotopic (exact) mass is 352 g/mol. The minimum Gasteiger partial charge on any atom is -0.473 e. The van der Waals surface area contributed by atoms with Crippen molar-refractivity contribution in [3.63, 3.8) is 0 Å². The lowest BCUT2D eigenvalue weighted by molar-refractivity contribution is -0.159. The lowest BCUT2D eigenvalue weighted by Crippen LogP contribution is -2.30. The summed E-state index contributed by atoms with van der Waals surface area (Å²) in [5.41, 5.74) is 0. The highest BCUT2D eigenvalue weighted by atomic mass is 16.4. The van der Waals surface area contributed by atoms with Crippen molar-refractivity contribution in [1.82, 2.24) is 14.9 Å². The molecular formula is C17H28N4O4. The Hall–Kier alpha value is -2.22. The first-order chi connectivity index (χ1) is 12.1. The topological polar surface area (TPSA) is 116 Å². The van der Waals surface area contributed by atoms with Gasteiger partial charge in [0.15, 0.2) is 0 Å². The summed E-state index contributed by atoms with van der Waals surface area (Å²) in [5, 5.41) is 18.0. The number of carbonyl (C=O) groups is 2. The molecule has 1 aliphatic heterocycles. The molecule has 8 nitrogen and oxygen atoms in total. The maximum Gasteiger partial charge on any atom is 0.414 e. The number of nitrogens with zero attached hydrogens (tertiary/aromatic N) is 3. The summed E-state index contributed by atoms with van der Waals surface area (Å²) in [7, 11) is 0. The molecule has 1 fully saturated rings. The molecule has 1 saturated heterocycles. The molecule has 3 N–H and O–H groups in total. The van der Waals surface area contributed by atoms with E-state index in [-0.39, 0.29) is 0 Å². The lowest BCUT2D eigenvalue weighted by Gasteiger charge is -2.26. The molecule has 2 heterocycles. The summed E-state index contributed by atoms with van der Waals surface area (Å²) in [6.45, 7) is 4.93. The van der Waals surface area contributed by atoms with Gasteiger partial charge in [0.1, 0.15) is 0 Å². The zero-order chi connectivity index (χ0) is 18.3. The summed E-state index contributed by atoms with van der Waals surface area (Å²) in [4.78, 5) is 29.1. The van der Waals surface area contributed by atoms with Gasteiger partial charge in [0, 0.05) is 18.9 Å². The molecule has 1 aromatic rings. The average Bonchev–Trinajstić information content (AvgIpc) is 2.63. The SMILES string of the molecule is O=C(O)C(=O)O.c1cnc(NCCCCCCN2CCCCC2)nc1. The molecule has 8 heteroatoms. The van der Waals surface area contributed by atoms with E-state index in [9.17, 15) is 0 Å². The maximum absolute atomic E-state index is 9.10. The fourth-order valence-corrected chi connectivity index (χ4v) is 2.59. The number of unbranched alkanes of at least 4 members (excludes halogenated alkanes) is 3. The van der Waals surface area contributed by atoms with Crippen molar-refractivity contribution in [2.75, 3.05) is 31.5 Å². The van der Waals surface area contributed by atoms with E-state index in [1.165, 1.54) is 64.6 Å². The zero-order valence-electron chi connectivity index (χ0n) is 14.6. The third-order valence-corrected chi connectivity index (χ3v) is 3.88. The number of nitrogens with one attached hydrogen (secondary N) is 1. The standard InChI is InChI=1S/C15H26N4.C2H2O4/c1(2-5-12-19-13-6-3-7-14-19)4-9-16-15-17-10-8-11-18-15;3-1(4)2(5)6/h8,10-11H,1-7,9,12-14H2,(H,16,17,18);(H,3,4)(H,5,6). The molecule has 2 rings (SSSR count). The first kappa shape index (κ1) is 20.8. The van der Waals surface area contributed by atoms with Crippen LogP contribution < -0.4 is 5.32 Å². The minimum absolute atomic E-state index is 0.746.